The lowest BCUT2D eigenvalue weighted by Gasteiger charge is -2.44. The molecule has 1 heterocycles. The summed E-state index contributed by atoms with van der Waals surface area (Å²) in [6, 6.07) is 8.99. The van der Waals surface area contributed by atoms with E-state index in [9.17, 15) is 9.59 Å². The van der Waals surface area contributed by atoms with Crippen LogP contribution in [-0.2, 0) is 14.3 Å². The fourth-order valence-electron chi connectivity index (χ4n) is 4.02. The largest absolute Gasteiger partial charge is 0.481 e. The highest BCUT2D eigenvalue weighted by atomic mass is 16.6. The Kier molecular flexibility index (Phi) is 6.11. The molecule has 6 heteroatoms. The molecule has 1 aliphatic heterocycles. The highest BCUT2D eigenvalue weighted by Gasteiger charge is 2.35. The van der Waals surface area contributed by atoms with Gasteiger partial charge in [-0.15, -0.1) is 0 Å². The molecule has 3 rings (SSSR count). The molecule has 0 radical (unpaired) electrons. The number of hydrogen-bond acceptors (Lipinski definition) is 5. The lowest BCUT2D eigenvalue weighted by molar-refractivity contribution is -0.156. The molecule has 0 spiro atoms. The Labute approximate surface area is 153 Å². The van der Waals surface area contributed by atoms with E-state index >= 15 is 0 Å². The molecule has 2 fully saturated rings. The third-order valence-electron chi connectivity index (χ3n) is 5.27. The molecule has 138 valence electrons. The quantitative estimate of drug-likeness (QED) is 0.758. The van der Waals surface area contributed by atoms with Gasteiger partial charge in [0.15, 0.2) is 13.2 Å². The van der Waals surface area contributed by atoms with Gasteiger partial charge in [0.25, 0.3) is 5.91 Å². The average molecular weight is 356 g/mol. The van der Waals surface area contributed by atoms with E-state index in [1.54, 1.807) is 24.3 Å². The molecule has 1 aliphatic carbocycles. The number of carbonyl (C=O) groups is 2. The summed E-state index contributed by atoms with van der Waals surface area (Å²) >= 11 is 0. The summed E-state index contributed by atoms with van der Waals surface area (Å²) in [5, 5.41) is 9.00. The Morgan fingerprint density at radius 3 is 2.73 bits per heavy atom. The molecule has 0 N–H and O–H groups in total. The number of amides is 1. The predicted molar refractivity (Wildman–Crippen MR) is 94.3 cm³/mol. The third kappa shape index (κ3) is 4.34. The van der Waals surface area contributed by atoms with Crippen LogP contribution in [0.2, 0.25) is 0 Å². The molecule has 0 unspecified atom stereocenters. The van der Waals surface area contributed by atoms with Crippen LogP contribution in [0.1, 0.15) is 44.1 Å². The number of ether oxygens (including phenoxy) is 2. The van der Waals surface area contributed by atoms with Crippen LogP contribution in [0.5, 0.6) is 5.75 Å². The van der Waals surface area contributed by atoms with E-state index in [0.29, 0.717) is 23.3 Å². The second-order valence-corrected chi connectivity index (χ2v) is 6.90. The molecule has 1 saturated carbocycles. The van der Waals surface area contributed by atoms with E-state index in [0.717, 1.165) is 25.8 Å². The highest BCUT2D eigenvalue weighted by Crippen LogP contribution is 2.35. The Bertz CT molecular complexity index is 695. The van der Waals surface area contributed by atoms with Gasteiger partial charge in [0.1, 0.15) is 11.8 Å². The second kappa shape index (κ2) is 8.70. The zero-order valence-electron chi connectivity index (χ0n) is 14.9. The van der Waals surface area contributed by atoms with Gasteiger partial charge < -0.3 is 14.4 Å². The summed E-state index contributed by atoms with van der Waals surface area (Å²) in [4.78, 5) is 26.3. The topological polar surface area (TPSA) is 79.6 Å². The van der Waals surface area contributed by atoms with Crippen molar-refractivity contribution < 1.29 is 19.1 Å². The molecule has 2 aliphatic rings. The number of piperidine rings is 1. The first kappa shape index (κ1) is 18.2. The number of likely N-dealkylation sites (tertiary alicyclic amines) is 1. The van der Waals surface area contributed by atoms with Crippen molar-refractivity contribution in [3.63, 3.8) is 0 Å². The van der Waals surface area contributed by atoms with E-state index in [4.69, 9.17) is 14.7 Å². The second-order valence-electron chi connectivity index (χ2n) is 6.90. The molecule has 1 amide bonds. The van der Waals surface area contributed by atoms with Crippen LogP contribution >= 0.6 is 0 Å². The zero-order valence-corrected chi connectivity index (χ0v) is 14.9. The van der Waals surface area contributed by atoms with Crippen LogP contribution in [0.15, 0.2) is 24.3 Å². The van der Waals surface area contributed by atoms with Gasteiger partial charge in [0, 0.05) is 12.6 Å². The number of carbonyl (C=O) groups excluding carboxylic acids is 2. The number of fused-ring (bicyclic) bond motifs is 1. The Morgan fingerprint density at radius 1 is 1.12 bits per heavy atom. The van der Waals surface area contributed by atoms with Crippen molar-refractivity contribution in [1.82, 2.24) is 4.90 Å². The number of nitriles is 1. The normalized spacial score (nSPS) is 22.0. The molecule has 1 saturated heterocycles. The van der Waals surface area contributed by atoms with Gasteiger partial charge in [0.05, 0.1) is 5.56 Å². The van der Waals surface area contributed by atoms with Crippen LogP contribution in [0, 0.1) is 17.2 Å². The van der Waals surface area contributed by atoms with Gasteiger partial charge in [-0.2, -0.15) is 5.26 Å². The number of esters is 1. The fourth-order valence-corrected chi connectivity index (χ4v) is 4.02. The summed E-state index contributed by atoms with van der Waals surface area (Å²) in [5.74, 6) is 0.206. The van der Waals surface area contributed by atoms with Crippen LogP contribution in [-0.4, -0.2) is 42.6 Å². The molecule has 1 aromatic rings. The van der Waals surface area contributed by atoms with Crippen LogP contribution in [0.4, 0.5) is 0 Å². The Balaban J connectivity index is 1.46. The standard InChI is InChI=1S/C20H24N2O4/c21-12-16-7-2-4-10-18(16)25-14-20(24)26-13-19(23)22-11-5-8-15-6-1-3-9-17(15)22/h2,4,7,10,15,17H,1,3,5-6,8-9,11,13-14H2/t15-,17+/m1/s1. The van der Waals surface area contributed by atoms with Gasteiger partial charge >= 0.3 is 5.97 Å². The van der Waals surface area contributed by atoms with E-state index in [1.807, 2.05) is 11.0 Å². The first-order chi connectivity index (χ1) is 12.7. The van der Waals surface area contributed by atoms with Crippen LogP contribution in [0.25, 0.3) is 0 Å². The van der Waals surface area contributed by atoms with Crippen molar-refractivity contribution in [1.29, 1.82) is 5.26 Å². The van der Waals surface area contributed by atoms with Crippen molar-refractivity contribution in [2.75, 3.05) is 19.8 Å². The SMILES string of the molecule is N#Cc1ccccc1OCC(=O)OCC(=O)N1CCC[C@H]2CCCC[C@@H]21. The molecular weight excluding hydrogens is 332 g/mol. The molecule has 0 aromatic heterocycles. The van der Waals surface area contributed by atoms with E-state index in [1.165, 1.54) is 19.3 Å². The molecule has 26 heavy (non-hydrogen) atoms. The van der Waals surface area contributed by atoms with Crippen molar-refractivity contribution in [2.24, 2.45) is 5.92 Å². The number of nitrogens with zero attached hydrogens (tertiary/aromatic N) is 2. The maximum atomic E-state index is 12.5. The van der Waals surface area contributed by atoms with Gasteiger partial charge in [0.2, 0.25) is 0 Å². The minimum absolute atomic E-state index is 0.118. The zero-order chi connectivity index (χ0) is 18.4. The molecule has 6 nitrogen and oxygen atoms in total. The molecular formula is C20H24N2O4. The van der Waals surface area contributed by atoms with Crippen molar-refractivity contribution in [2.45, 2.75) is 44.6 Å². The first-order valence-electron chi connectivity index (χ1n) is 9.26. The van der Waals surface area contributed by atoms with Crippen molar-refractivity contribution in [3.8, 4) is 11.8 Å². The van der Waals surface area contributed by atoms with Crippen LogP contribution < -0.4 is 4.74 Å². The lowest BCUT2D eigenvalue weighted by atomic mass is 9.78. The van der Waals surface area contributed by atoms with Crippen molar-refractivity contribution >= 4 is 11.9 Å². The summed E-state index contributed by atoms with van der Waals surface area (Å²) in [6.07, 6.45) is 6.88. The minimum Gasteiger partial charge on any atom is -0.481 e. The summed E-state index contributed by atoms with van der Waals surface area (Å²) in [5.41, 5.74) is 0.355. The van der Waals surface area contributed by atoms with Gasteiger partial charge in [-0.05, 0) is 43.7 Å². The molecule has 2 atom stereocenters. The highest BCUT2D eigenvalue weighted by molar-refractivity contribution is 5.81. The third-order valence-corrected chi connectivity index (χ3v) is 5.27. The molecule has 1 aromatic carbocycles. The number of benzene rings is 1. The number of para-hydroxylation sites is 1. The van der Waals surface area contributed by atoms with E-state index in [-0.39, 0.29) is 19.1 Å². The fraction of sp³-hybridized carbons (Fsp3) is 0.550. The van der Waals surface area contributed by atoms with E-state index in [2.05, 4.69) is 0 Å². The summed E-state index contributed by atoms with van der Waals surface area (Å²) in [7, 11) is 0. The Hall–Kier alpha value is -2.55. The smallest absolute Gasteiger partial charge is 0.344 e. The maximum absolute atomic E-state index is 12.5. The van der Waals surface area contributed by atoms with Crippen LogP contribution in [0.3, 0.4) is 0 Å². The summed E-state index contributed by atoms with van der Waals surface area (Å²) < 4.78 is 10.4. The van der Waals surface area contributed by atoms with E-state index < -0.39 is 5.97 Å². The van der Waals surface area contributed by atoms with Gasteiger partial charge in [-0.3, -0.25) is 4.79 Å². The van der Waals surface area contributed by atoms with Gasteiger partial charge in [-0.25, -0.2) is 4.79 Å². The number of hydrogen-bond donors (Lipinski definition) is 0. The predicted octanol–water partition coefficient (Wildman–Crippen LogP) is 2.66. The van der Waals surface area contributed by atoms with Gasteiger partial charge in [-0.1, -0.05) is 25.0 Å². The van der Waals surface area contributed by atoms with Crippen molar-refractivity contribution in [3.05, 3.63) is 29.8 Å². The molecule has 0 bridgehead atoms. The first-order valence-corrected chi connectivity index (χ1v) is 9.26. The lowest BCUT2D eigenvalue weighted by Crippen LogP contribution is -2.51. The monoisotopic (exact) mass is 356 g/mol. The Morgan fingerprint density at radius 2 is 1.88 bits per heavy atom. The summed E-state index contributed by atoms with van der Waals surface area (Å²) in [6.45, 7) is 0.187. The average Bonchev–Trinajstić information content (AvgIpc) is 2.70. The minimum atomic E-state index is -0.608. The number of rotatable bonds is 5. The maximum Gasteiger partial charge on any atom is 0.344 e.